The van der Waals surface area contributed by atoms with Crippen molar-refractivity contribution in [3.05, 3.63) is 29.3 Å². The van der Waals surface area contributed by atoms with Gasteiger partial charge in [-0.25, -0.2) is 0 Å². The van der Waals surface area contributed by atoms with E-state index in [9.17, 15) is 0 Å². The van der Waals surface area contributed by atoms with Crippen LogP contribution in [0.5, 0.6) is 5.75 Å². The topological polar surface area (TPSA) is 30.5 Å². The molecule has 0 bridgehead atoms. The Bertz CT molecular complexity index is 458. The molecule has 0 spiro atoms. The van der Waals surface area contributed by atoms with Crippen molar-refractivity contribution in [3.8, 4) is 5.75 Å². The lowest BCUT2D eigenvalue weighted by Crippen LogP contribution is -2.35. The summed E-state index contributed by atoms with van der Waals surface area (Å²) >= 11 is 0. The van der Waals surface area contributed by atoms with Gasteiger partial charge in [-0.15, -0.1) is 0 Å². The third-order valence-corrected chi connectivity index (χ3v) is 4.28. The molecule has 110 valence electrons. The maximum atomic E-state index is 6.09. The van der Waals surface area contributed by atoms with Crippen LogP contribution in [-0.2, 0) is 11.2 Å². The van der Waals surface area contributed by atoms with Gasteiger partial charge < -0.3 is 14.8 Å². The molecule has 1 aromatic carbocycles. The lowest BCUT2D eigenvalue weighted by molar-refractivity contribution is -0.0282. The molecule has 0 aromatic heterocycles. The molecule has 0 saturated carbocycles. The molecular formula is C17H25NO2. The van der Waals surface area contributed by atoms with E-state index in [-0.39, 0.29) is 6.10 Å². The molecule has 0 radical (unpaired) electrons. The standard InChI is InChI=1S/C17H25NO2/c1-12(2)18-11-15-4-3-8-20-17(15)14-5-6-16-13(10-14)7-9-19-16/h5-6,10,12,15,17-18H,3-4,7-9,11H2,1-2H3. The SMILES string of the molecule is CC(C)NCC1CCCOC1c1ccc2c(c1)CCO2. The Balaban J connectivity index is 1.75. The summed E-state index contributed by atoms with van der Waals surface area (Å²) in [5.74, 6) is 1.63. The van der Waals surface area contributed by atoms with E-state index in [2.05, 4.69) is 37.4 Å². The second-order valence-corrected chi connectivity index (χ2v) is 6.22. The molecular weight excluding hydrogens is 250 g/mol. The van der Waals surface area contributed by atoms with E-state index in [1.807, 2.05) is 0 Å². The molecule has 3 heteroatoms. The Hall–Kier alpha value is -1.06. The Labute approximate surface area is 121 Å². The zero-order valence-electron chi connectivity index (χ0n) is 12.5. The summed E-state index contributed by atoms with van der Waals surface area (Å²) in [6.07, 6.45) is 3.69. The average molecular weight is 275 g/mol. The van der Waals surface area contributed by atoms with E-state index >= 15 is 0 Å². The van der Waals surface area contributed by atoms with Gasteiger partial charge >= 0.3 is 0 Å². The first-order valence-electron chi connectivity index (χ1n) is 7.84. The summed E-state index contributed by atoms with van der Waals surface area (Å²) in [5.41, 5.74) is 2.66. The number of hydrogen-bond acceptors (Lipinski definition) is 3. The molecule has 2 aliphatic heterocycles. The van der Waals surface area contributed by atoms with Crippen LogP contribution in [0.4, 0.5) is 0 Å². The largest absolute Gasteiger partial charge is 0.493 e. The minimum absolute atomic E-state index is 0.237. The monoisotopic (exact) mass is 275 g/mol. The molecule has 1 saturated heterocycles. The molecule has 0 amide bonds. The predicted octanol–water partition coefficient (Wildman–Crippen LogP) is 3.09. The van der Waals surface area contributed by atoms with Crippen molar-refractivity contribution in [2.24, 2.45) is 5.92 Å². The van der Waals surface area contributed by atoms with Crippen LogP contribution in [-0.4, -0.2) is 25.8 Å². The lowest BCUT2D eigenvalue weighted by atomic mass is 9.88. The van der Waals surface area contributed by atoms with E-state index in [0.717, 1.165) is 31.9 Å². The quantitative estimate of drug-likeness (QED) is 0.916. The fraction of sp³-hybridized carbons (Fsp3) is 0.647. The van der Waals surface area contributed by atoms with Gasteiger partial charge in [0.05, 0.1) is 12.7 Å². The molecule has 2 heterocycles. The molecule has 3 rings (SSSR count). The van der Waals surface area contributed by atoms with E-state index < -0.39 is 0 Å². The molecule has 2 atom stereocenters. The number of ether oxygens (including phenoxy) is 2. The number of hydrogen-bond donors (Lipinski definition) is 1. The van der Waals surface area contributed by atoms with Gasteiger partial charge in [-0.05, 0) is 36.1 Å². The number of rotatable bonds is 4. The first-order valence-corrected chi connectivity index (χ1v) is 7.84. The summed E-state index contributed by atoms with van der Waals surface area (Å²) < 4.78 is 11.7. The van der Waals surface area contributed by atoms with Crippen LogP contribution >= 0.6 is 0 Å². The Morgan fingerprint density at radius 2 is 2.20 bits per heavy atom. The van der Waals surface area contributed by atoms with E-state index in [1.54, 1.807) is 0 Å². The van der Waals surface area contributed by atoms with Crippen molar-refractivity contribution in [2.75, 3.05) is 19.8 Å². The second kappa shape index (κ2) is 6.15. The fourth-order valence-corrected chi connectivity index (χ4v) is 3.19. The average Bonchev–Trinajstić information content (AvgIpc) is 2.92. The van der Waals surface area contributed by atoms with Crippen molar-refractivity contribution in [1.29, 1.82) is 0 Å². The maximum Gasteiger partial charge on any atom is 0.122 e. The van der Waals surface area contributed by atoms with Crippen LogP contribution in [0.2, 0.25) is 0 Å². The fourth-order valence-electron chi connectivity index (χ4n) is 3.19. The van der Waals surface area contributed by atoms with Crippen LogP contribution in [0.1, 0.15) is 43.9 Å². The first-order chi connectivity index (χ1) is 9.74. The minimum Gasteiger partial charge on any atom is -0.493 e. The molecule has 1 N–H and O–H groups in total. The molecule has 3 nitrogen and oxygen atoms in total. The third-order valence-electron chi connectivity index (χ3n) is 4.28. The van der Waals surface area contributed by atoms with Crippen LogP contribution in [0, 0.1) is 5.92 Å². The zero-order valence-corrected chi connectivity index (χ0v) is 12.5. The normalized spacial score (nSPS) is 25.6. The van der Waals surface area contributed by atoms with Crippen molar-refractivity contribution in [1.82, 2.24) is 5.32 Å². The van der Waals surface area contributed by atoms with Crippen molar-refractivity contribution < 1.29 is 9.47 Å². The summed E-state index contributed by atoms with van der Waals surface area (Å²) in [4.78, 5) is 0. The predicted molar refractivity (Wildman–Crippen MR) is 80.2 cm³/mol. The Morgan fingerprint density at radius 1 is 1.30 bits per heavy atom. The zero-order chi connectivity index (χ0) is 13.9. The number of fused-ring (bicyclic) bond motifs is 1. The summed E-state index contributed by atoms with van der Waals surface area (Å²) in [6, 6.07) is 7.12. The summed E-state index contributed by atoms with van der Waals surface area (Å²) in [5, 5.41) is 3.56. The highest BCUT2D eigenvalue weighted by Gasteiger charge is 2.28. The molecule has 2 unspecified atom stereocenters. The van der Waals surface area contributed by atoms with Gasteiger partial charge in [-0.2, -0.15) is 0 Å². The molecule has 1 fully saturated rings. The van der Waals surface area contributed by atoms with Crippen molar-refractivity contribution in [2.45, 2.75) is 45.3 Å². The van der Waals surface area contributed by atoms with Gasteiger partial charge in [0.2, 0.25) is 0 Å². The van der Waals surface area contributed by atoms with Crippen LogP contribution in [0.25, 0.3) is 0 Å². The summed E-state index contributed by atoms with van der Waals surface area (Å²) in [6.45, 7) is 7.14. The smallest absolute Gasteiger partial charge is 0.122 e. The van der Waals surface area contributed by atoms with Crippen LogP contribution < -0.4 is 10.1 Å². The van der Waals surface area contributed by atoms with E-state index in [1.165, 1.54) is 24.0 Å². The lowest BCUT2D eigenvalue weighted by Gasteiger charge is -2.33. The Morgan fingerprint density at radius 3 is 3.05 bits per heavy atom. The maximum absolute atomic E-state index is 6.09. The van der Waals surface area contributed by atoms with Crippen molar-refractivity contribution in [3.63, 3.8) is 0 Å². The second-order valence-electron chi connectivity index (χ2n) is 6.22. The summed E-state index contributed by atoms with van der Waals surface area (Å²) in [7, 11) is 0. The molecule has 20 heavy (non-hydrogen) atoms. The van der Waals surface area contributed by atoms with Gasteiger partial charge in [0, 0.05) is 31.5 Å². The van der Waals surface area contributed by atoms with Crippen molar-refractivity contribution >= 4 is 0 Å². The Kier molecular flexibility index (Phi) is 4.27. The van der Waals surface area contributed by atoms with Crippen LogP contribution in [0.15, 0.2) is 18.2 Å². The molecule has 0 aliphatic carbocycles. The highest BCUT2D eigenvalue weighted by atomic mass is 16.5. The minimum atomic E-state index is 0.237. The van der Waals surface area contributed by atoms with E-state index in [4.69, 9.17) is 9.47 Å². The van der Waals surface area contributed by atoms with E-state index in [0.29, 0.717) is 12.0 Å². The highest BCUT2D eigenvalue weighted by Crippen LogP contribution is 2.36. The van der Waals surface area contributed by atoms with Gasteiger partial charge in [-0.1, -0.05) is 19.9 Å². The first kappa shape index (κ1) is 13.9. The van der Waals surface area contributed by atoms with Gasteiger partial charge in [-0.3, -0.25) is 0 Å². The third kappa shape index (κ3) is 2.99. The van der Waals surface area contributed by atoms with Gasteiger partial charge in [0.1, 0.15) is 5.75 Å². The highest BCUT2D eigenvalue weighted by molar-refractivity contribution is 5.40. The van der Waals surface area contributed by atoms with Gasteiger partial charge in [0.15, 0.2) is 0 Å². The molecule has 2 aliphatic rings. The van der Waals surface area contributed by atoms with Crippen LogP contribution in [0.3, 0.4) is 0 Å². The number of benzene rings is 1. The van der Waals surface area contributed by atoms with Gasteiger partial charge in [0.25, 0.3) is 0 Å². The number of nitrogens with one attached hydrogen (secondary N) is 1. The molecule has 1 aromatic rings.